The number of benzene rings is 2. The molecule has 0 heterocycles. The quantitative estimate of drug-likeness (QED) is 0.583. The van der Waals surface area contributed by atoms with Gasteiger partial charge in [0.2, 0.25) is 0 Å². The van der Waals surface area contributed by atoms with Crippen LogP contribution in [0.2, 0.25) is 0 Å². The molecule has 0 aliphatic rings. The van der Waals surface area contributed by atoms with Crippen molar-refractivity contribution in [1.82, 2.24) is 5.32 Å². The van der Waals surface area contributed by atoms with E-state index >= 15 is 0 Å². The molecule has 26 heavy (non-hydrogen) atoms. The Hall–Kier alpha value is -2.95. The van der Waals surface area contributed by atoms with Crippen molar-refractivity contribution < 1.29 is 19.1 Å². The van der Waals surface area contributed by atoms with Crippen LogP contribution in [0.3, 0.4) is 0 Å². The summed E-state index contributed by atoms with van der Waals surface area (Å²) in [6.45, 7) is 3.62. The van der Waals surface area contributed by atoms with Crippen LogP contribution in [0.5, 0.6) is 0 Å². The number of hydrogen-bond donors (Lipinski definition) is 1. The van der Waals surface area contributed by atoms with E-state index in [1.807, 2.05) is 19.9 Å². The molecule has 2 aromatic rings. The van der Waals surface area contributed by atoms with Crippen LogP contribution in [0.4, 0.5) is 0 Å². The Morgan fingerprint density at radius 1 is 0.923 bits per heavy atom. The number of carbonyl (C=O) groups is 3. The minimum Gasteiger partial charge on any atom is -0.452 e. The second kappa shape index (κ2) is 9.51. The lowest BCUT2D eigenvalue weighted by atomic mass is 10.0. The summed E-state index contributed by atoms with van der Waals surface area (Å²) in [4.78, 5) is 36.1. The highest BCUT2D eigenvalue weighted by Gasteiger charge is 2.13. The summed E-state index contributed by atoms with van der Waals surface area (Å²) in [5.41, 5.74) is 1.36. The summed E-state index contributed by atoms with van der Waals surface area (Å²) in [6.07, 6.45) is 1.84. The smallest absolute Gasteiger partial charge is 0.338 e. The second-order valence-electron chi connectivity index (χ2n) is 6.11. The number of rotatable bonds is 8. The highest BCUT2D eigenvalue weighted by Crippen LogP contribution is 2.12. The first-order chi connectivity index (χ1) is 12.5. The first kappa shape index (κ1) is 19.4. The lowest BCUT2D eigenvalue weighted by molar-refractivity contribution is -0.124. The largest absolute Gasteiger partial charge is 0.452 e. The third-order valence-electron chi connectivity index (χ3n) is 3.88. The molecule has 1 N–H and O–H groups in total. The molecule has 0 spiro atoms. The van der Waals surface area contributed by atoms with Gasteiger partial charge in [0.15, 0.2) is 12.4 Å². The normalized spacial score (nSPS) is 11.5. The molecule has 0 aliphatic heterocycles. The van der Waals surface area contributed by atoms with Crippen molar-refractivity contribution in [3.8, 4) is 0 Å². The van der Waals surface area contributed by atoms with Crippen LogP contribution in [0.25, 0.3) is 0 Å². The molecule has 5 nitrogen and oxygen atoms in total. The van der Waals surface area contributed by atoms with Crippen molar-refractivity contribution in [2.75, 3.05) is 6.61 Å². The molecule has 0 fully saturated rings. The van der Waals surface area contributed by atoms with E-state index in [1.54, 1.807) is 36.4 Å². The molecule has 0 aromatic heterocycles. The molecule has 0 saturated heterocycles. The summed E-state index contributed by atoms with van der Waals surface area (Å²) in [6, 6.07) is 15.2. The van der Waals surface area contributed by atoms with Gasteiger partial charge in [-0.1, -0.05) is 55.8 Å². The number of esters is 1. The summed E-state index contributed by atoms with van der Waals surface area (Å²) in [5.74, 6) is -1.04. The van der Waals surface area contributed by atoms with Crippen molar-refractivity contribution in [1.29, 1.82) is 0 Å². The zero-order valence-electron chi connectivity index (χ0n) is 15.0. The maximum absolute atomic E-state index is 12.3. The first-order valence-electron chi connectivity index (χ1n) is 8.67. The maximum atomic E-state index is 12.3. The summed E-state index contributed by atoms with van der Waals surface area (Å²) < 4.78 is 5.02. The molecule has 1 atom stereocenters. The highest BCUT2D eigenvalue weighted by atomic mass is 16.5. The van der Waals surface area contributed by atoms with Crippen molar-refractivity contribution >= 4 is 17.7 Å². The van der Waals surface area contributed by atoms with Crippen LogP contribution in [-0.2, 0) is 9.53 Å². The van der Waals surface area contributed by atoms with Crippen molar-refractivity contribution in [3.63, 3.8) is 0 Å². The first-order valence-corrected chi connectivity index (χ1v) is 8.67. The predicted molar refractivity (Wildman–Crippen MR) is 99.1 cm³/mol. The third kappa shape index (κ3) is 5.55. The second-order valence-corrected chi connectivity index (χ2v) is 6.11. The molecule has 1 unspecified atom stereocenters. The van der Waals surface area contributed by atoms with E-state index in [0.29, 0.717) is 16.7 Å². The number of ether oxygens (including phenoxy) is 1. The average Bonchev–Trinajstić information content (AvgIpc) is 2.66. The number of carbonyl (C=O) groups excluding carboxylic acids is 3. The van der Waals surface area contributed by atoms with Gasteiger partial charge in [-0.2, -0.15) is 0 Å². The minimum absolute atomic E-state index is 0.0504. The standard InChI is InChI=1S/C21H23NO4/c1-3-7-15(2)22-19(23)14-26-21(25)18-12-10-17(11-13-18)20(24)16-8-5-4-6-9-16/h4-6,8-13,15H,3,7,14H2,1-2H3,(H,22,23). The summed E-state index contributed by atoms with van der Waals surface area (Å²) in [7, 11) is 0. The Morgan fingerprint density at radius 3 is 2.12 bits per heavy atom. The molecule has 5 heteroatoms. The molecule has 2 aromatic carbocycles. The minimum atomic E-state index is -0.595. The molecule has 0 saturated carbocycles. The van der Waals surface area contributed by atoms with E-state index in [9.17, 15) is 14.4 Å². The van der Waals surface area contributed by atoms with Crippen LogP contribution in [0, 0.1) is 0 Å². The third-order valence-corrected chi connectivity index (χ3v) is 3.88. The predicted octanol–water partition coefficient (Wildman–Crippen LogP) is 3.38. The monoisotopic (exact) mass is 353 g/mol. The fraction of sp³-hybridized carbons (Fsp3) is 0.286. The molecular formula is C21H23NO4. The van der Waals surface area contributed by atoms with Gasteiger partial charge in [-0.3, -0.25) is 9.59 Å². The topological polar surface area (TPSA) is 72.5 Å². The fourth-order valence-electron chi connectivity index (χ4n) is 2.55. The van der Waals surface area contributed by atoms with Gasteiger partial charge in [0.05, 0.1) is 5.56 Å². The highest BCUT2D eigenvalue weighted by molar-refractivity contribution is 6.09. The molecule has 2 rings (SSSR count). The van der Waals surface area contributed by atoms with E-state index in [0.717, 1.165) is 12.8 Å². The Balaban J connectivity index is 1.90. The average molecular weight is 353 g/mol. The Bertz CT molecular complexity index is 753. The number of hydrogen-bond acceptors (Lipinski definition) is 4. The van der Waals surface area contributed by atoms with E-state index in [2.05, 4.69) is 5.32 Å². The van der Waals surface area contributed by atoms with Crippen molar-refractivity contribution in [2.24, 2.45) is 0 Å². The van der Waals surface area contributed by atoms with Gasteiger partial charge in [-0.05, 0) is 25.5 Å². The number of amides is 1. The maximum Gasteiger partial charge on any atom is 0.338 e. The van der Waals surface area contributed by atoms with Gasteiger partial charge < -0.3 is 10.1 Å². The Labute approximate surface area is 153 Å². The molecule has 0 aliphatic carbocycles. The van der Waals surface area contributed by atoms with Crippen LogP contribution >= 0.6 is 0 Å². The molecule has 0 bridgehead atoms. The zero-order chi connectivity index (χ0) is 18.9. The van der Waals surface area contributed by atoms with E-state index in [-0.39, 0.29) is 24.3 Å². The van der Waals surface area contributed by atoms with Crippen molar-refractivity contribution in [2.45, 2.75) is 32.7 Å². The lowest BCUT2D eigenvalue weighted by Gasteiger charge is -2.12. The summed E-state index contributed by atoms with van der Waals surface area (Å²) >= 11 is 0. The van der Waals surface area contributed by atoms with Crippen LogP contribution in [0.15, 0.2) is 54.6 Å². The fourth-order valence-corrected chi connectivity index (χ4v) is 2.55. The van der Waals surface area contributed by atoms with E-state index < -0.39 is 5.97 Å². The van der Waals surface area contributed by atoms with Crippen molar-refractivity contribution in [3.05, 3.63) is 71.3 Å². The molecular weight excluding hydrogens is 330 g/mol. The van der Waals surface area contributed by atoms with Crippen LogP contribution < -0.4 is 5.32 Å². The Kier molecular flexibility index (Phi) is 7.09. The Morgan fingerprint density at radius 2 is 1.50 bits per heavy atom. The van der Waals surface area contributed by atoms with Gasteiger partial charge in [0, 0.05) is 17.2 Å². The molecule has 136 valence electrons. The van der Waals surface area contributed by atoms with Gasteiger partial charge in [0.1, 0.15) is 0 Å². The number of nitrogens with one attached hydrogen (secondary N) is 1. The van der Waals surface area contributed by atoms with Gasteiger partial charge >= 0.3 is 5.97 Å². The SMILES string of the molecule is CCCC(C)NC(=O)COC(=O)c1ccc(C(=O)c2ccccc2)cc1. The van der Waals surface area contributed by atoms with Gasteiger partial charge in [-0.15, -0.1) is 0 Å². The van der Waals surface area contributed by atoms with E-state index in [4.69, 9.17) is 4.74 Å². The zero-order valence-corrected chi connectivity index (χ0v) is 15.0. The molecule has 1 amide bonds. The number of ketones is 1. The van der Waals surface area contributed by atoms with Gasteiger partial charge in [-0.25, -0.2) is 4.79 Å². The lowest BCUT2D eigenvalue weighted by Crippen LogP contribution is -2.35. The summed E-state index contributed by atoms with van der Waals surface area (Å²) in [5, 5.41) is 2.77. The van der Waals surface area contributed by atoms with Gasteiger partial charge in [0.25, 0.3) is 5.91 Å². The van der Waals surface area contributed by atoms with Crippen LogP contribution in [0.1, 0.15) is 53.0 Å². The van der Waals surface area contributed by atoms with Crippen LogP contribution in [-0.4, -0.2) is 30.3 Å². The van der Waals surface area contributed by atoms with E-state index in [1.165, 1.54) is 12.1 Å². The molecule has 0 radical (unpaired) electrons.